The van der Waals surface area contributed by atoms with Crippen LogP contribution in [0.25, 0.3) is 11.3 Å². The van der Waals surface area contributed by atoms with Crippen molar-refractivity contribution in [3.05, 3.63) is 41.9 Å². The van der Waals surface area contributed by atoms with E-state index < -0.39 is 11.5 Å². The SMILES string of the molecule is Cc1nc(CCC(=O)N(C)C2(C(=O)O)CCCCC2)oc1-c1ccccc1. The van der Waals surface area contributed by atoms with E-state index in [0.717, 1.165) is 30.5 Å². The van der Waals surface area contributed by atoms with Crippen LogP contribution in [-0.2, 0) is 16.0 Å². The van der Waals surface area contributed by atoms with Gasteiger partial charge in [0, 0.05) is 25.5 Å². The molecule has 6 heteroatoms. The molecule has 1 aromatic carbocycles. The molecule has 144 valence electrons. The largest absolute Gasteiger partial charge is 0.479 e. The van der Waals surface area contributed by atoms with Gasteiger partial charge in [0.1, 0.15) is 5.54 Å². The zero-order valence-corrected chi connectivity index (χ0v) is 15.9. The summed E-state index contributed by atoms with van der Waals surface area (Å²) in [6.07, 6.45) is 4.26. The molecule has 1 saturated carbocycles. The number of likely N-dealkylation sites (N-methyl/N-ethyl adjacent to an activating group) is 1. The first-order valence-corrected chi connectivity index (χ1v) is 9.46. The van der Waals surface area contributed by atoms with Gasteiger partial charge in [-0.3, -0.25) is 4.79 Å². The Bertz CT molecular complexity index is 807. The third kappa shape index (κ3) is 3.89. The first-order chi connectivity index (χ1) is 12.9. The molecule has 6 nitrogen and oxygen atoms in total. The number of carboxylic acids is 1. The van der Waals surface area contributed by atoms with Gasteiger partial charge in [0.15, 0.2) is 11.7 Å². The number of aliphatic carboxylic acids is 1. The van der Waals surface area contributed by atoms with Crippen molar-refractivity contribution in [1.29, 1.82) is 0 Å². The molecule has 0 saturated heterocycles. The molecule has 0 atom stereocenters. The molecule has 1 aromatic heterocycles. The Morgan fingerprint density at radius 1 is 1.19 bits per heavy atom. The summed E-state index contributed by atoms with van der Waals surface area (Å²) < 4.78 is 5.85. The van der Waals surface area contributed by atoms with E-state index in [1.165, 1.54) is 4.90 Å². The normalized spacial score (nSPS) is 16.1. The Kier molecular flexibility index (Phi) is 5.63. The lowest BCUT2D eigenvalue weighted by Crippen LogP contribution is -2.56. The monoisotopic (exact) mass is 370 g/mol. The van der Waals surface area contributed by atoms with Gasteiger partial charge >= 0.3 is 5.97 Å². The molecular formula is C21H26N2O4. The fourth-order valence-electron chi connectivity index (χ4n) is 3.87. The van der Waals surface area contributed by atoms with Gasteiger partial charge in [0.2, 0.25) is 5.91 Å². The van der Waals surface area contributed by atoms with Crippen LogP contribution >= 0.6 is 0 Å². The molecule has 0 spiro atoms. The Labute approximate surface area is 159 Å². The van der Waals surface area contributed by atoms with Gasteiger partial charge in [-0.15, -0.1) is 0 Å². The second kappa shape index (κ2) is 7.94. The van der Waals surface area contributed by atoms with Crippen molar-refractivity contribution < 1.29 is 19.1 Å². The van der Waals surface area contributed by atoms with Crippen LogP contribution in [0.2, 0.25) is 0 Å². The predicted molar refractivity (Wildman–Crippen MR) is 101 cm³/mol. The fraction of sp³-hybridized carbons (Fsp3) is 0.476. The highest BCUT2D eigenvalue weighted by molar-refractivity contribution is 5.87. The van der Waals surface area contributed by atoms with Gasteiger partial charge in [-0.2, -0.15) is 0 Å². The molecule has 3 rings (SSSR count). The van der Waals surface area contributed by atoms with Crippen LogP contribution in [0.4, 0.5) is 0 Å². The lowest BCUT2D eigenvalue weighted by atomic mass is 9.80. The third-order valence-corrected chi connectivity index (χ3v) is 5.52. The Morgan fingerprint density at radius 3 is 2.48 bits per heavy atom. The molecule has 1 amide bonds. The van der Waals surface area contributed by atoms with Crippen LogP contribution in [-0.4, -0.2) is 39.5 Å². The van der Waals surface area contributed by atoms with Crippen LogP contribution in [0.5, 0.6) is 0 Å². The second-order valence-corrected chi connectivity index (χ2v) is 7.24. The summed E-state index contributed by atoms with van der Waals surface area (Å²) in [6, 6.07) is 9.72. The highest BCUT2D eigenvalue weighted by Crippen LogP contribution is 2.34. The third-order valence-electron chi connectivity index (χ3n) is 5.52. The molecular weight excluding hydrogens is 344 g/mol. The maximum Gasteiger partial charge on any atom is 0.329 e. The van der Waals surface area contributed by atoms with Gasteiger partial charge in [-0.25, -0.2) is 9.78 Å². The number of aromatic nitrogens is 1. The van der Waals surface area contributed by atoms with E-state index in [0.29, 0.717) is 30.9 Å². The summed E-state index contributed by atoms with van der Waals surface area (Å²) in [7, 11) is 1.61. The Hall–Kier alpha value is -2.63. The van der Waals surface area contributed by atoms with E-state index in [1.807, 2.05) is 37.3 Å². The predicted octanol–water partition coefficient (Wildman–Crippen LogP) is 3.83. The number of carbonyl (C=O) groups is 2. The highest BCUT2D eigenvalue weighted by atomic mass is 16.4. The van der Waals surface area contributed by atoms with Crippen molar-refractivity contribution >= 4 is 11.9 Å². The highest BCUT2D eigenvalue weighted by Gasteiger charge is 2.45. The average Bonchev–Trinajstić information content (AvgIpc) is 3.07. The maximum atomic E-state index is 12.7. The molecule has 0 unspecified atom stereocenters. The summed E-state index contributed by atoms with van der Waals surface area (Å²) in [6.45, 7) is 1.88. The number of hydrogen-bond donors (Lipinski definition) is 1. The standard InChI is InChI=1S/C21H26N2O4/c1-15-19(16-9-5-3-6-10-16)27-17(22-15)11-12-18(24)23(2)21(20(25)26)13-7-4-8-14-21/h3,5-6,9-10H,4,7-8,11-14H2,1-2H3,(H,25,26). The number of oxazole rings is 1. The average molecular weight is 370 g/mol. The molecule has 0 radical (unpaired) electrons. The topological polar surface area (TPSA) is 83.6 Å². The van der Waals surface area contributed by atoms with E-state index in [1.54, 1.807) is 7.05 Å². The molecule has 1 N–H and O–H groups in total. The number of hydrogen-bond acceptors (Lipinski definition) is 4. The number of amides is 1. The first kappa shape index (κ1) is 19.1. The van der Waals surface area contributed by atoms with E-state index in [-0.39, 0.29) is 12.3 Å². The fourth-order valence-corrected chi connectivity index (χ4v) is 3.87. The van der Waals surface area contributed by atoms with Crippen LogP contribution in [0.3, 0.4) is 0 Å². The minimum atomic E-state index is -1.07. The zero-order valence-electron chi connectivity index (χ0n) is 15.9. The minimum Gasteiger partial charge on any atom is -0.479 e. The van der Waals surface area contributed by atoms with E-state index in [2.05, 4.69) is 4.98 Å². The molecule has 0 aliphatic heterocycles. The molecule has 27 heavy (non-hydrogen) atoms. The number of nitrogens with zero attached hydrogens (tertiary/aromatic N) is 2. The molecule has 1 aliphatic carbocycles. The smallest absolute Gasteiger partial charge is 0.329 e. The number of carboxylic acid groups (broad SMARTS) is 1. The Morgan fingerprint density at radius 2 is 1.85 bits per heavy atom. The van der Waals surface area contributed by atoms with Crippen LogP contribution in [0, 0.1) is 6.92 Å². The number of aryl methyl sites for hydroxylation is 2. The maximum absolute atomic E-state index is 12.7. The van der Waals surface area contributed by atoms with Crippen molar-refractivity contribution in [3.8, 4) is 11.3 Å². The van der Waals surface area contributed by atoms with E-state index in [9.17, 15) is 14.7 Å². The van der Waals surface area contributed by atoms with E-state index >= 15 is 0 Å². The zero-order chi connectivity index (χ0) is 19.4. The molecule has 1 fully saturated rings. The van der Waals surface area contributed by atoms with Gasteiger partial charge in [0.25, 0.3) is 0 Å². The number of carbonyl (C=O) groups excluding carboxylic acids is 1. The summed E-state index contributed by atoms with van der Waals surface area (Å²) in [5.74, 6) is 0.120. The van der Waals surface area contributed by atoms with Gasteiger partial charge in [0.05, 0.1) is 5.69 Å². The van der Waals surface area contributed by atoms with Crippen molar-refractivity contribution in [3.63, 3.8) is 0 Å². The molecule has 1 aliphatic rings. The van der Waals surface area contributed by atoms with Crippen LogP contribution < -0.4 is 0 Å². The Balaban J connectivity index is 1.68. The molecule has 1 heterocycles. The summed E-state index contributed by atoms with van der Waals surface area (Å²) in [5, 5.41) is 9.73. The molecule has 0 bridgehead atoms. The van der Waals surface area contributed by atoms with Crippen LogP contribution in [0.1, 0.15) is 50.1 Å². The lowest BCUT2D eigenvalue weighted by molar-refractivity contribution is -0.160. The first-order valence-electron chi connectivity index (χ1n) is 9.46. The quantitative estimate of drug-likeness (QED) is 0.835. The van der Waals surface area contributed by atoms with Gasteiger partial charge in [-0.1, -0.05) is 49.6 Å². The number of benzene rings is 1. The van der Waals surface area contributed by atoms with Gasteiger partial charge < -0.3 is 14.4 Å². The van der Waals surface area contributed by atoms with Crippen molar-refractivity contribution in [2.75, 3.05) is 7.05 Å². The summed E-state index contributed by atoms with van der Waals surface area (Å²) in [5.41, 5.74) is 0.660. The van der Waals surface area contributed by atoms with E-state index in [4.69, 9.17) is 4.42 Å². The van der Waals surface area contributed by atoms with Gasteiger partial charge in [-0.05, 0) is 19.8 Å². The van der Waals surface area contributed by atoms with Crippen LogP contribution in [0.15, 0.2) is 34.7 Å². The number of rotatable bonds is 6. The van der Waals surface area contributed by atoms with Crippen molar-refractivity contribution in [1.82, 2.24) is 9.88 Å². The van der Waals surface area contributed by atoms with Crippen molar-refractivity contribution in [2.24, 2.45) is 0 Å². The van der Waals surface area contributed by atoms with Crippen molar-refractivity contribution in [2.45, 2.75) is 57.4 Å². The lowest BCUT2D eigenvalue weighted by Gasteiger charge is -2.41. The second-order valence-electron chi connectivity index (χ2n) is 7.24. The minimum absolute atomic E-state index is 0.180. The summed E-state index contributed by atoms with van der Waals surface area (Å²) in [4.78, 5) is 30.4. The summed E-state index contributed by atoms with van der Waals surface area (Å²) >= 11 is 0. The molecule has 2 aromatic rings.